The number of hydrogen-bond acceptors (Lipinski definition) is 3. The first-order chi connectivity index (χ1) is 12.4. The van der Waals surface area contributed by atoms with E-state index in [0.29, 0.717) is 27.7 Å². The van der Waals surface area contributed by atoms with E-state index in [1.165, 1.54) is 0 Å². The molecule has 0 atom stereocenters. The summed E-state index contributed by atoms with van der Waals surface area (Å²) in [6.07, 6.45) is 1.60. The Morgan fingerprint density at radius 3 is 2.58 bits per heavy atom. The highest BCUT2D eigenvalue weighted by atomic mass is 35.5. The molecule has 0 fully saturated rings. The van der Waals surface area contributed by atoms with Crippen molar-refractivity contribution in [1.82, 2.24) is 14.8 Å². The Hall–Kier alpha value is -2.15. The highest BCUT2D eigenvalue weighted by Crippen LogP contribution is 2.25. The molecule has 0 spiro atoms. The monoisotopic (exact) mass is 405 g/mol. The Balaban J connectivity index is 1.66. The van der Waals surface area contributed by atoms with Gasteiger partial charge in [0.15, 0.2) is 5.11 Å². The quantitative estimate of drug-likeness (QED) is 0.594. The van der Waals surface area contributed by atoms with Gasteiger partial charge in [-0.05, 0) is 55.4 Å². The fourth-order valence-electron chi connectivity index (χ4n) is 2.40. The summed E-state index contributed by atoms with van der Waals surface area (Å²) in [6.45, 7) is 4.47. The number of hydrogen-bond donors (Lipinski definition) is 2. The van der Waals surface area contributed by atoms with Crippen LogP contribution in [0.5, 0.6) is 0 Å². The van der Waals surface area contributed by atoms with Gasteiger partial charge in [0, 0.05) is 21.3 Å². The number of halogens is 2. The summed E-state index contributed by atoms with van der Waals surface area (Å²) in [7, 11) is 0. The predicted octanol–water partition coefficient (Wildman–Crippen LogP) is 5.06. The van der Waals surface area contributed by atoms with Crippen molar-refractivity contribution in [3.05, 3.63) is 69.5 Å². The van der Waals surface area contributed by atoms with Crippen molar-refractivity contribution < 1.29 is 0 Å². The molecule has 0 aliphatic carbocycles. The molecule has 0 aliphatic rings. The minimum absolute atomic E-state index is 0.399. The van der Waals surface area contributed by atoms with E-state index in [0.717, 1.165) is 22.4 Å². The normalized spacial score (nSPS) is 10.6. The molecule has 0 radical (unpaired) electrons. The lowest BCUT2D eigenvalue weighted by Gasteiger charge is -2.11. The van der Waals surface area contributed by atoms with Gasteiger partial charge in [-0.15, -0.1) is 5.10 Å². The molecule has 0 unspecified atom stereocenters. The fraction of sp³-hybridized carbons (Fsp3) is 0.167. The van der Waals surface area contributed by atoms with E-state index in [9.17, 15) is 0 Å². The number of anilines is 2. The van der Waals surface area contributed by atoms with Crippen molar-refractivity contribution in [1.29, 1.82) is 0 Å². The number of aryl methyl sites for hydroxylation is 2. The lowest BCUT2D eigenvalue weighted by Crippen LogP contribution is -2.20. The molecule has 2 N–H and O–H groups in total. The molecule has 1 aromatic heterocycles. The molecule has 1 heterocycles. The van der Waals surface area contributed by atoms with Crippen molar-refractivity contribution in [3.8, 4) is 0 Å². The van der Waals surface area contributed by atoms with Gasteiger partial charge >= 0.3 is 0 Å². The van der Waals surface area contributed by atoms with Crippen LogP contribution < -0.4 is 10.6 Å². The van der Waals surface area contributed by atoms with Gasteiger partial charge in [0.2, 0.25) is 5.95 Å². The largest absolute Gasteiger partial charge is 0.332 e. The van der Waals surface area contributed by atoms with Crippen LogP contribution in [-0.4, -0.2) is 19.9 Å². The predicted molar refractivity (Wildman–Crippen MR) is 111 cm³/mol. The van der Waals surface area contributed by atoms with E-state index in [-0.39, 0.29) is 0 Å². The second-order valence-corrected chi connectivity index (χ2v) is 7.09. The first-order valence-electron chi connectivity index (χ1n) is 7.90. The number of aromatic nitrogens is 3. The third kappa shape index (κ3) is 4.52. The Bertz CT molecular complexity index is 934. The maximum Gasteiger partial charge on any atom is 0.248 e. The van der Waals surface area contributed by atoms with Crippen LogP contribution in [0.4, 0.5) is 11.6 Å². The van der Waals surface area contributed by atoms with Crippen molar-refractivity contribution in [2.24, 2.45) is 0 Å². The molecular formula is C18H17Cl2N5S. The molecule has 26 heavy (non-hydrogen) atoms. The van der Waals surface area contributed by atoms with E-state index in [1.807, 2.05) is 26.0 Å². The molecule has 134 valence electrons. The smallest absolute Gasteiger partial charge is 0.248 e. The molecule has 0 aliphatic heterocycles. The first kappa shape index (κ1) is 18.6. The van der Waals surface area contributed by atoms with Gasteiger partial charge in [-0.2, -0.15) is 0 Å². The lowest BCUT2D eigenvalue weighted by atomic mass is 10.1. The second kappa shape index (κ2) is 8.03. The number of nitrogens with one attached hydrogen (secondary N) is 2. The maximum atomic E-state index is 6.20. The van der Waals surface area contributed by atoms with Gasteiger partial charge in [-0.1, -0.05) is 41.4 Å². The third-order valence-corrected chi connectivity index (χ3v) is 4.70. The van der Waals surface area contributed by atoms with E-state index >= 15 is 0 Å². The molecular weight excluding hydrogens is 389 g/mol. The van der Waals surface area contributed by atoms with E-state index in [2.05, 4.69) is 26.8 Å². The number of benzene rings is 2. The number of rotatable bonds is 4. The zero-order chi connectivity index (χ0) is 18.7. The van der Waals surface area contributed by atoms with Gasteiger partial charge in [0.1, 0.15) is 6.33 Å². The molecule has 5 nitrogen and oxygen atoms in total. The van der Waals surface area contributed by atoms with Crippen molar-refractivity contribution >= 4 is 52.2 Å². The summed E-state index contributed by atoms with van der Waals surface area (Å²) < 4.78 is 1.65. The number of thiocarbonyl (C=S) groups is 1. The summed E-state index contributed by atoms with van der Waals surface area (Å²) in [5, 5.41) is 12.1. The van der Waals surface area contributed by atoms with Crippen LogP contribution in [0, 0.1) is 13.8 Å². The standard InChI is InChI=1S/C18H17Cl2N5S/c1-11-6-7-12(2)16(8-11)22-18(26)23-17-21-10-25(24-17)9-13-14(19)4-3-5-15(13)20/h3-8,10H,9H2,1-2H3,(H2,22,23,24,26). The Labute approximate surface area is 167 Å². The maximum absolute atomic E-state index is 6.20. The highest BCUT2D eigenvalue weighted by Gasteiger charge is 2.09. The van der Waals surface area contributed by atoms with Crippen LogP contribution in [0.15, 0.2) is 42.7 Å². The van der Waals surface area contributed by atoms with Gasteiger partial charge in [-0.25, -0.2) is 9.67 Å². The summed E-state index contributed by atoms with van der Waals surface area (Å²) in [5.74, 6) is 0.399. The topological polar surface area (TPSA) is 54.8 Å². The molecule has 0 bridgehead atoms. The average molecular weight is 406 g/mol. The van der Waals surface area contributed by atoms with Crippen molar-refractivity contribution in [2.75, 3.05) is 10.6 Å². The van der Waals surface area contributed by atoms with Crippen LogP contribution in [0.3, 0.4) is 0 Å². The Kier molecular flexibility index (Phi) is 5.76. The molecule has 0 saturated carbocycles. The lowest BCUT2D eigenvalue weighted by molar-refractivity contribution is 0.687. The summed E-state index contributed by atoms with van der Waals surface area (Å²) in [4.78, 5) is 4.22. The van der Waals surface area contributed by atoms with Crippen LogP contribution in [-0.2, 0) is 6.54 Å². The van der Waals surface area contributed by atoms with Crippen LogP contribution in [0.2, 0.25) is 10.0 Å². The molecule has 8 heteroatoms. The molecule has 2 aromatic carbocycles. The zero-order valence-electron chi connectivity index (χ0n) is 14.3. The fourth-order valence-corrected chi connectivity index (χ4v) is 3.12. The molecule has 3 aromatic rings. The van der Waals surface area contributed by atoms with Gasteiger partial charge in [0.05, 0.1) is 6.54 Å². The molecule has 3 rings (SSSR count). The van der Waals surface area contributed by atoms with E-state index in [4.69, 9.17) is 35.4 Å². The van der Waals surface area contributed by atoms with E-state index < -0.39 is 0 Å². The summed E-state index contributed by atoms with van der Waals surface area (Å²) >= 11 is 17.7. The van der Waals surface area contributed by atoms with Gasteiger partial charge in [0.25, 0.3) is 0 Å². The summed E-state index contributed by atoms with van der Waals surface area (Å²) in [6, 6.07) is 11.5. The number of nitrogens with zero attached hydrogens (tertiary/aromatic N) is 3. The summed E-state index contributed by atoms with van der Waals surface area (Å²) in [5.41, 5.74) is 4.00. The van der Waals surface area contributed by atoms with E-state index in [1.54, 1.807) is 29.2 Å². The van der Waals surface area contributed by atoms with Gasteiger partial charge < -0.3 is 5.32 Å². The second-order valence-electron chi connectivity index (χ2n) is 5.86. The molecule has 0 saturated heterocycles. The van der Waals surface area contributed by atoms with Crippen LogP contribution >= 0.6 is 35.4 Å². The van der Waals surface area contributed by atoms with Gasteiger partial charge in [-0.3, -0.25) is 5.32 Å². The highest BCUT2D eigenvalue weighted by molar-refractivity contribution is 7.80. The van der Waals surface area contributed by atoms with Crippen molar-refractivity contribution in [3.63, 3.8) is 0 Å². The SMILES string of the molecule is Cc1ccc(C)c(NC(=S)Nc2ncn(Cc3c(Cl)cccc3Cl)n2)c1. The molecule has 0 amide bonds. The van der Waals surface area contributed by atoms with Crippen LogP contribution in [0.1, 0.15) is 16.7 Å². The van der Waals surface area contributed by atoms with Crippen LogP contribution in [0.25, 0.3) is 0 Å². The Morgan fingerprint density at radius 2 is 1.85 bits per heavy atom. The van der Waals surface area contributed by atoms with Crippen molar-refractivity contribution in [2.45, 2.75) is 20.4 Å². The minimum atomic E-state index is 0.399. The zero-order valence-corrected chi connectivity index (χ0v) is 16.6. The average Bonchev–Trinajstić information content (AvgIpc) is 3.01. The third-order valence-electron chi connectivity index (χ3n) is 3.78. The first-order valence-corrected chi connectivity index (χ1v) is 9.06. The minimum Gasteiger partial charge on any atom is -0.332 e. The Morgan fingerprint density at radius 1 is 1.12 bits per heavy atom.